The summed E-state index contributed by atoms with van der Waals surface area (Å²) in [6, 6.07) is 7.82. The fourth-order valence-corrected chi connectivity index (χ4v) is 3.74. The molecule has 2 aromatic heterocycles. The summed E-state index contributed by atoms with van der Waals surface area (Å²) in [6.45, 7) is 2.12. The molecule has 1 aliphatic rings. The molecule has 1 aromatic carbocycles. The minimum atomic E-state index is -0.472. The number of hydrogen-bond donors (Lipinski definition) is 1. The number of amides is 1. The van der Waals surface area contributed by atoms with Gasteiger partial charge in [0.05, 0.1) is 6.42 Å². The number of ether oxygens (including phenoxy) is 1. The van der Waals surface area contributed by atoms with Gasteiger partial charge in [-0.1, -0.05) is 18.2 Å². The molecular weight excluding hydrogens is 413 g/mol. The number of carbonyl (C=O) groups excluding carboxylic acids is 3. The molecule has 8 heteroatoms. The Bertz CT molecular complexity index is 1230. The molecule has 0 saturated carbocycles. The van der Waals surface area contributed by atoms with Crippen molar-refractivity contribution >= 4 is 34.3 Å². The van der Waals surface area contributed by atoms with Crippen LogP contribution in [0.25, 0.3) is 16.6 Å². The zero-order chi connectivity index (χ0) is 22.7. The van der Waals surface area contributed by atoms with Gasteiger partial charge in [-0.05, 0) is 41.3 Å². The van der Waals surface area contributed by atoms with E-state index in [0.717, 1.165) is 16.5 Å². The van der Waals surface area contributed by atoms with Crippen molar-refractivity contribution in [2.24, 2.45) is 0 Å². The SMILES string of the molecule is CC(=O)C(=O)N1CC=C(c2c[nH]c3ncc(CC(=O)OCc4cccc(F)c4)cc23)CC1. The highest BCUT2D eigenvalue weighted by Crippen LogP contribution is 2.29. The third-order valence-electron chi connectivity index (χ3n) is 5.37. The number of ketones is 1. The molecule has 0 spiro atoms. The molecule has 4 rings (SSSR count). The first-order valence-electron chi connectivity index (χ1n) is 10.3. The van der Waals surface area contributed by atoms with E-state index in [1.165, 1.54) is 24.0 Å². The quantitative estimate of drug-likeness (QED) is 0.474. The second-order valence-electron chi connectivity index (χ2n) is 7.70. The van der Waals surface area contributed by atoms with E-state index in [2.05, 4.69) is 9.97 Å². The molecule has 0 aliphatic carbocycles. The Morgan fingerprint density at radius 1 is 1.22 bits per heavy atom. The number of aromatic amines is 1. The molecule has 0 fully saturated rings. The predicted molar refractivity (Wildman–Crippen MR) is 116 cm³/mol. The highest BCUT2D eigenvalue weighted by atomic mass is 19.1. The smallest absolute Gasteiger partial charge is 0.310 e. The Labute approximate surface area is 183 Å². The van der Waals surface area contributed by atoms with Gasteiger partial charge < -0.3 is 14.6 Å². The maximum atomic E-state index is 13.3. The molecule has 0 saturated heterocycles. The number of esters is 1. The summed E-state index contributed by atoms with van der Waals surface area (Å²) < 4.78 is 18.5. The number of aromatic nitrogens is 2. The van der Waals surface area contributed by atoms with E-state index in [0.29, 0.717) is 36.3 Å². The van der Waals surface area contributed by atoms with E-state index in [9.17, 15) is 18.8 Å². The highest BCUT2D eigenvalue weighted by molar-refractivity contribution is 6.35. The van der Waals surface area contributed by atoms with E-state index in [4.69, 9.17) is 4.74 Å². The van der Waals surface area contributed by atoms with Gasteiger partial charge in [-0.3, -0.25) is 14.4 Å². The van der Waals surface area contributed by atoms with Gasteiger partial charge in [-0.25, -0.2) is 9.37 Å². The average molecular weight is 435 g/mol. The van der Waals surface area contributed by atoms with E-state index < -0.39 is 17.7 Å². The van der Waals surface area contributed by atoms with Crippen LogP contribution in [0.3, 0.4) is 0 Å². The van der Waals surface area contributed by atoms with Crippen LogP contribution in [0.4, 0.5) is 4.39 Å². The average Bonchev–Trinajstić information content (AvgIpc) is 3.20. The van der Waals surface area contributed by atoms with Gasteiger partial charge in [0.25, 0.3) is 5.91 Å². The molecular formula is C24H22FN3O4. The summed E-state index contributed by atoms with van der Waals surface area (Å²) in [5.74, 6) is -1.74. The molecule has 1 amide bonds. The summed E-state index contributed by atoms with van der Waals surface area (Å²) in [5, 5.41) is 0.873. The summed E-state index contributed by atoms with van der Waals surface area (Å²) in [6.07, 6.45) is 6.08. The fraction of sp³-hybridized carbons (Fsp3) is 0.250. The van der Waals surface area contributed by atoms with E-state index in [-0.39, 0.29) is 18.8 Å². The maximum absolute atomic E-state index is 13.3. The standard InChI is InChI=1S/C24H22FN3O4/c1-15(29)24(31)28-7-5-18(6-8-28)21-13-27-23-20(21)10-17(12-26-23)11-22(30)32-14-16-3-2-4-19(25)9-16/h2-5,9-10,12-13H,6-8,11,14H2,1H3,(H,26,27). The minimum Gasteiger partial charge on any atom is -0.461 e. The molecule has 3 heterocycles. The van der Waals surface area contributed by atoms with Gasteiger partial charge in [0.2, 0.25) is 5.78 Å². The van der Waals surface area contributed by atoms with Crippen molar-refractivity contribution in [2.75, 3.05) is 13.1 Å². The minimum absolute atomic E-state index is 0.00401. The van der Waals surface area contributed by atoms with E-state index in [1.54, 1.807) is 18.3 Å². The molecule has 3 aromatic rings. The van der Waals surface area contributed by atoms with Gasteiger partial charge in [-0.15, -0.1) is 0 Å². The zero-order valence-corrected chi connectivity index (χ0v) is 17.6. The Morgan fingerprint density at radius 3 is 2.78 bits per heavy atom. The molecule has 7 nitrogen and oxygen atoms in total. The van der Waals surface area contributed by atoms with Crippen molar-refractivity contribution in [1.82, 2.24) is 14.9 Å². The fourth-order valence-electron chi connectivity index (χ4n) is 3.74. The van der Waals surface area contributed by atoms with Crippen molar-refractivity contribution in [3.8, 4) is 0 Å². The number of hydrogen-bond acceptors (Lipinski definition) is 5. The first-order valence-corrected chi connectivity index (χ1v) is 10.3. The number of fused-ring (bicyclic) bond motifs is 1. The predicted octanol–water partition coefficient (Wildman–Crippen LogP) is 3.19. The van der Waals surface area contributed by atoms with Gasteiger partial charge in [-0.2, -0.15) is 0 Å². The Morgan fingerprint density at radius 2 is 2.06 bits per heavy atom. The van der Waals surface area contributed by atoms with Crippen LogP contribution < -0.4 is 0 Å². The molecule has 164 valence electrons. The Kier molecular flexibility index (Phi) is 6.11. The van der Waals surface area contributed by atoms with Gasteiger partial charge in [0, 0.05) is 43.4 Å². The molecule has 0 unspecified atom stereocenters. The second kappa shape index (κ2) is 9.13. The summed E-state index contributed by atoms with van der Waals surface area (Å²) in [5.41, 5.74) is 3.99. The third-order valence-corrected chi connectivity index (χ3v) is 5.37. The number of Topliss-reactive ketones (excluding diaryl/α,β-unsaturated/α-hetero) is 1. The number of rotatable bonds is 6. The molecule has 1 aliphatic heterocycles. The number of benzene rings is 1. The van der Waals surface area contributed by atoms with Crippen molar-refractivity contribution in [2.45, 2.75) is 26.4 Å². The van der Waals surface area contributed by atoms with Crippen LogP contribution in [0.1, 0.15) is 30.0 Å². The van der Waals surface area contributed by atoms with Crippen molar-refractivity contribution in [3.63, 3.8) is 0 Å². The lowest BCUT2D eigenvalue weighted by Gasteiger charge is -2.25. The molecule has 0 bridgehead atoms. The Balaban J connectivity index is 1.45. The second-order valence-corrected chi connectivity index (χ2v) is 7.70. The lowest BCUT2D eigenvalue weighted by atomic mass is 9.98. The molecule has 0 radical (unpaired) electrons. The maximum Gasteiger partial charge on any atom is 0.310 e. The van der Waals surface area contributed by atoms with E-state index in [1.807, 2.05) is 18.3 Å². The normalized spacial score (nSPS) is 13.7. The molecule has 0 atom stereocenters. The van der Waals surface area contributed by atoms with Crippen LogP contribution in [-0.2, 0) is 32.1 Å². The summed E-state index contributed by atoms with van der Waals surface area (Å²) in [4.78, 5) is 44.5. The highest BCUT2D eigenvalue weighted by Gasteiger charge is 2.22. The monoisotopic (exact) mass is 435 g/mol. The number of halogens is 1. The van der Waals surface area contributed by atoms with Gasteiger partial charge in [0.1, 0.15) is 18.1 Å². The van der Waals surface area contributed by atoms with Crippen LogP contribution in [0.2, 0.25) is 0 Å². The van der Waals surface area contributed by atoms with Crippen molar-refractivity contribution < 1.29 is 23.5 Å². The van der Waals surface area contributed by atoms with Crippen molar-refractivity contribution in [1.29, 1.82) is 0 Å². The van der Waals surface area contributed by atoms with Crippen LogP contribution in [0.15, 0.2) is 48.8 Å². The first-order chi connectivity index (χ1) is 15.4. The lowest BCUT2D eigenvalue weighted by molar-refractivity contribution is -0.144. The van der Waals surface area contributed by atoms with Crippen LogP contribution >= 0.6 is 0 Å². The number of nitrogens with zero attached hydrogens (tertiary/aromatic N) is 2. The van der Waals surface area contributed by atoms with Gasteiger partial charge in [0.15, 0.2) is 0 Å². The molecule has 32 heavy (non-hydrogen) atoms. The number of H-pyrrole nitrogens is 1. The zero-order valence-electron chi connectivity index (χ0n) is 17.6. The van der Waals surface area contributed by atoms with Crippen LogP contribution in [0.5, 0.6) is 0 Å². The van der Waals surface area contributed by atoms with Crippen LogP contribution in [-0.4, -0.2) is 45.6 Å². The largest absolute Gasteiger partial charge is 0.461 e. The van der Waals surface area contributed by atoms with Gasteiger partial charge >= 0.3 is 5.97 Å². The summed E-state index contributed by atoms with van der Waals surface area (Å²) in [7, 11) is 0. The summed E-state index contributed by atoms with van der Waals surface area (Å²) >= 11 is 0. The first kappa shape index (κ1) is 21.4. The number of pyridine rings is 1. The van der Waals surface area contributed by atoms with Crippen LogP contribution in [0, 0.1) is 5.82 Å². The lowest BCUT2D eigenvalue weighted by Crippen LogP contribution is -2.38. The third kappa shape index (κ3) is 4.74. The number of nitrogens with one attached hydrogen (secondary N) is 1. The number of carbonyl (C=O) groups is 3. The van der Waals surface area contributed by atoms with Crippen molar-refractivity contribution in [3.05, 3.63) is 71.3 Å². The topological polar surface area (TPSA) is 92.4 Å². The molecule has 1 N–H and O–H groups in total. The van der Waals surface area contributed by atoms with E-state index >= 15 is 0 Å². The Hall–Kier alpha value is -3.81.